The summed E-state index contributed by atoms with van der Waals surface area (Å²) in [4.78, 5) is 0. The number of unbranched alkanes of at least 4 members (excludes halogenated alkanes) is 1. The maximum atomic E-state index is 5.59. The maximum absolute atomic E-state index is 5.59. The fraction of sp³-hybridized carbons (Fsp3) is 0.600. The van der Waals surface area contributed by atoms with E-state index in [1.54, 1.807) is 0 Å². The summed E-state index contributed by atoms with van der Waals surface area (Å²) in [6.45, 7) is 9.69. The van der Waals surface area contributed by atoms with Gasteiger partial charge in [0, 0.05) is 6.07 Å². The number of hydrogen-bond acceptors (Lipinski definition) is 1. The standard InChI is InChI=1S/C15H23O/c1-5-7-12-16-14-10-8-13(9-11-14)15(3,4)6-2/h8-10H,5-7,12H2,1-4H3. The zero-order valence-electron chi connectivity index (χ0n) is 11.0. The second-order valence-corrected chi connectivity index (χ2v) is 4.88. The van der Waals surface area contributed by atoms with Crippen LogP contribution in [0.1, 0.15) is 52.5 Å². The van der Waals surface area contributed by atoms with Crippen molar-refractivity contribution < 1.29 is 4.74 Å². The molecule has 16 heavy (non-hydrogen) atoms. The van der Waals surface area contributed by atoms with Crippen LogP contribution in [0.3, 0.4) is 0 Å². The molecule has 1 aromatic carbocycles. The molecule has 0 aromatic heterocycles. The molecule has 0 saturated heterocycles. The Labute approximate surface area is 99.8 Å². The monoisotopic (exact) mass is 219 g/mol. The Morgan fingerprint density at radius 3 is 2.50 bits per heavy atom. The van der Waals surface area contributed by atoms with Crippen molar-refractivity contribution in [1.29, 1.82) is 0 Å². The van der Waals surface area contributed by atoms with Crippen LogP contribution in [0.2, 0.25) is 0 Å². The average molecular weight is 219 g/mol. The number of rotatable bonds is 6. The third kappa shape index (κ3) is 3.55. The van der Waals surface area contributed by atoms with Crippen molar-refractivity contribution in [3.8, 4) is 5.75 Å². The van der Waals surface area contributed by atoms with Crippen LogP contribution >= 0.6 is 0 Å². The smallest absolute Gasteiger partial charge is 0.127 e. The molecule has 1 radical (unpaired) electrons. The molecule has 0 bridgehead atoms. The largest absolute Gasteiger partial charge is 0.493 e. The molecule has 0 saturated carbocycles. The zero-order chi connectivity index (χ0) is 12.0. The minimum Gasteiger partial charge on any atom is -0.493 e. The Balaban J connectivity index is 2.61. The van der Waals surface area contributed by atoms with E-state index < -0.39 is 0 Å². The number of ether oxygens (including phenoxy) is 1. The van der Waals surface area contributed by atoms with Crippen molar-refractivity contribution >= 4 is 0 Å². The highest BCUT2D eigenvalue weighted by molar-refractivity contribution is 5.30. The summed E-state index contributed by atoms with van der Waals surface area (Å²) in [5.74, 6) is 0.865. The predicted octanol–water partition coefficient (Wildman–Crippen LogP) is 4.35. The van der Waals surface area contributed by atoms with Crippen molar-refractivity contribution in [3.63, 3.8) is 0 Å². The van der Waals surface area contributed by atoms with Crippen molar-refractivity contribution in [1.82, 2.24) is 0 Å². The van der Waals surface area contributed by atoms with Gasteiger partial charge in [0.1, 0.15) is 5.75 Å². The third-order valence-corrected chi connectivity index (χ3v) is 3.21. The Morgan fingerprint density at radius 1 is 1.25 bits per heavy atom. The van der Waals surface area contributed by atoms with Crippen LogP contribution in [0, 0.1) is 6.07 Å². The molecule has 89 valence electrons. The van der Waals surface area contributed by atoms with E-state index in [4.69, 9.17) is 4.74 Å². The van der Waals surface area contributed by atoms with Crippen molar-refractivity contribution in [3.05, 3.63) is 29.8 Å². The molecule has 0 heterocycles. The third-order valence-electron chi connectivity index (χ3n) is 3.21. The molecular weight excluding hydrogens is 196 g/mol. The van der Waals surface area contributed by atoms with Gasteiger partial charge in [-0.05, 0) is 36.0 Å². The van der Waals surface area contributed by atoms with Gasteiger partial charge in [-0.2, -0.15) is 0 Å². The van der Waals surface area contributed by atoms with Gasteiger partial charge in [-0.15, -0.1) is 0 Å². The minimum atomic E-state index is 0.235. The summed E-state index contributed by atoms with van der Waals surface area (Å²) in [7, 11) is 0. The second-order valence-electron chi connectivity index (χ2n) is 4.88. The van der Waals surface area contributed by atoms with E-state index >= 15 is 0 Å². The Kier molecular flexibility index (Phi) is 4.85. The molecule has 0 aliphatic heterocycles. The first kappa shape index (κ1) is 13.1. The summed E-state index contributed by atoms with van der Waals surface area (Å²) in [5, 5.41) is 0. The van der Waals surface area contributed by atoms with Gasteiger partial charge < -0.3 is 4.74 Å². The summed E-state index contributed by atoms with van der Waals surface area (Å²) in [6, 6.07) is 9.46. The highest BCUT2D eigenvalue weighted by Gasteiger charge is 2.17. The highest BCUT2D eigenvalue weighted by atomic mass is 16.5. The topological polar surface area (TPSA) is 9.23 Å². The molecule has 1 heteroatoms. The molecule has 0 aliphatic carbocycles. The van der Waals surface area contributed by atoms with E-state index in [0.717, 1.165) is 25.2 Å². The lowest BCUT2D eigenvalue weighted by molar-refractivity contribution is 0.308. The summed E-state index contributed by atoms with van der Waals surface area (Å²) >= 11 is 0. The van der Waals surface area contributed by atoms with Gasteiger partial charge in [0.2, 0.25) is 0 Å². The normalized spacial score (nSPS) is 11.5. The number of benzene rings is 1. The first-order chi connectivity index (χ1) is 7.60. The predicted molar refractivity (Wildman–Crippen MR) is 69.0 cm³/mol. The van der Waals surface area contributed by atoms with Crippen LogP contribution in [0.4, 0.5) is 0 Å². The fourth-order valence-corrected chi connectivity index (χ4v) is 1.45. The highest BCUT2D eigenvalue weighted by Crippen LogP contribution is 2.27. The zero-order valence-corrected chi connectivity index (χ0v) is 11.0. The van der Waals surface area contributed by atoms with Gasteiger partial charge in [0.15, 0.2) is 0 Å². The Hall–Kier alpha value is -0.980. The van der Waals surface area contributed by atoms with Gasteiger partial charge in [0.05, 0.1) is 6.61 Å². The van der Waals surface area contributed by atoms with E-state index in [-0.39, 0.29) is 5.41 Å². The molecule has 0 atom stereocenters. The van der Waals surface area contributed by atoms with Crippen LogP contribution in [0.15, 0.2) is 18.2 Å². The maximum Gasteiger partial charge on any atom is 0.127 e. The lowest BCUT2D eigenvalue weighted by Gasteiger charge is -2.23. The van der Waals surface area contributed by atoms with Crippen LogP contribution in [-0.2, 0) is 5.41 Å². The molecule has 1 aromatic rings. The molecule has 0 aliphatic rings. The quantitative estimate of drug-likeness (QED) is 0.646. The molecule has 0 N–H and O–H groups in total. The first-order valence-corrected chi connectivity index (χ1v) is 6.25. The Morgan fingerprint density at radius 2 is 2.00 bits per heavy atom. The number of hydrogen-bond donors (Lipinski definition) is 0. The fourth-order valence-electron chi connectivity index (χ4n) is 1.45. The van der Waals surface area contributed by atoms with Crippen molar-refractivity contribution in [2.75, 3.05) is 6.61 Å². The van der Waals surface area contributed by atoms with E-state index in [2.05, 4.69) is 45.9 Å². The summed E-state index contributed by atoms with van der Waals surface area (Å²) < 4.78 is 5.59. The van der Waals surface area contributed by atoms with Crippen molar-refractivity contribution in [2.24, 2.45) is 0 Å². The lowest BCUT2D eigenvalue weighted by Crippen LogP contribution is -2.15. The molecule has 1 rings (SSSR count). The SMILES string of the molecule is CCCCOc1[c]cc(C(C)(C)CC)cc1. The van der Waals surface area contributed by atoms with Crippen LogP contribution < -0.4 is 4.74 Å². The van der Waals surface area contributed by atoms with Gasteiger partial charge in [-0.3, -0.25) is 0 Å². The van der Waals surface area contributed by atoms with Gasteiger partial charge in [-0.1, -0.05) is 40.2 Å². The van der Waals surface area contributed by atoms with Gasteiger partial charge in [0.25, 0.3) is 0 Å². The molecule has 1 nitrogen and oxygen atoms in total. The summed E-state index contributed by atoms with van der Waals surface area (Å²) in [5.41, 5.74) is 1.57. The van der Waals surface area contributed by atoms with E-state index in [0.29, 0.717) is 0 Å². The Bertz CT molecular complexity index is 298. The van der Waals surface area contributed by atoms with E-state index in [1.165, 1.54) is 12.0 Å². The van der Waals surface area contributed by atoms with Crippen LogP contribution in [0.25, 0.3) is 0 Å². The van der Waals surface area contributed by atoms with Gasteiger partial charge in [-0.25, -0.2) is 0 Å². The molecule has 0 spiro atoms. The van der Waals surface area contributed by atoms with E-state index in [9.17, 15) is 0 Å². The first-order valence-electron chi connectivity index (χ1n) is 6.25. The van der Waals surface area contributed by atoms with Crippen LogP contribution in [0.5, 0.6) is 5.75 Å². The molecule has 0 fully saturated rings. The lowest BCUT2D eigenvalue weighted by atomic mass is 9.82. The average Bonchev–Trinajstić information content (AvgIpc) is 2.30. The van der Waals surface area contributed by atoms with E-state index in [1.807, 2.05) is 6.07 Å². The molecule has 0 amide bonds. The van der Waals surface area contributed by atoms with Crippen LogP contribution in [-0.4, -0.2) is 6.61 Å². The van der Waals surface area contributed by atoms with Gasteiger partial charge >= 0.3 is 0 Å². The molecule has 0 unspecified atom stereocenters. The minimum absolute atomic E-state index is 0.235. The summed E-state index contributed by atoms with van der Waals surface area (Å²) in [6.07, 6.45) is 3.41. The molecular formula is C15H23O. The second kappa shape index (κ2) is 5.93. The van der Waals surface area contributed by atoms with Crippen molar-refractivity contribution in [2.45, 2.75) is 52.4 Å².